The van der Waals surface area contributed by atoms with E-state index in [9.17, 15) is 0 Å². The fraction of sp³-hybridized carbons (Fsp3) is 0.111. The van der Waals surface area contributed by atoms with Crippen molar-refractivity contribution in [2.75, 3.05) is 0 Å². The van der Waals surface area contributed by atoms with Crippen molar-refractivity contribution in [3.63, 3.8) is 0 Å². The van der Waals surface area contributed by atoms with Gasteiger partial charge >= 0.3 is 0 Å². The van der Waals surface area contributed by atoms with Crippen LogP contribution < -0.4 is 0 Å². The van der Waals surface area contributed by atoms with Crippen LogP contribution in [0.15, 0.2) is 18.5 Å². The number of pyridine rings is 2. The number of hydrogen-bond acceptors (Lipinski definition) is 2. The second-order valence-corrected chi connectivity index (χ2v) is 3.50. The van der Waals surface area contributed by atoms with Gasteiger partial charge in [0, 0.05) is 17.8 Å². The molecule has 4 heteroatoms. The van der Waals surface area contributed by atoms with Gasteiger partial charge in [-0.2, -0.15) is 0 Å². The van der Waals surface area contributed by atoms with Crippen LogP contribution >= 0.6 is 23.2 Å². The smallest absolute Gasteiger partial charge is 0.0930 e. The number of halogens is 2. The van der Waals surface area contributed by atoms with E-state index in [0.29, 0.717) is 10.0 Å². The van der Waals surface area contributed by atoms with Gasteiger partial charge in [0.15, 0.2) is 0 Å². The molecule has 2 heterocycles. The third kappa shape index (κ3) is 1.36. The third-order valence-corrected chi connectivity index (χ3v) is 2.65. The maximum absolute atomic E-state index is 6.00. The first-order chi connectivity index (χ1) is 6.20. The Morgan fingerprint density at radius 1 is 1.23 bits per heavy atom. The summed E-state index contributed by atoms with van der Waals surface area (Å²) in [5.41, 5.74) is 1.66. The highest BCUT2D eigenvalue weighted by molar-refractivity contribution is 6.45. The number of fused-ring (bicyclic) bond motifs is 1. The Balaban J connectivity index is 2.94. The minimum Gasteiger partial charge on any atom is -0.259 e. The van der Waals surface area contributed by atoms with Crippen molar-refractivity contribution < 1.29 is 0 Å². The zero-order valence-corrected chi connectivity index (χ0v) is 8.39. The molecule has 2 nitrogen and oxygen atoms in total. The van der Waals surface area contributed by atoms with Crippen molar-refractivity contribution in [2.24, 2.45) is 0 Å². The lowest BCUT2D eigenvalue weighted by molar-refractivity contribution is 1.20. The Bertz CT molecular complexity index is 468. The molecular formula is C9H6Cl2N2. The third-order valence-electron chi connectivity index (χ3n) is 1.86. The molecule has 0 bridgehead atoms. The van der Waals surface area contributed by atoms with Gasteiger partial charge in [0.2, 0.25) is 0 Å². The molecule has 0 radical (unpaired) electrons. The van der Waals surface area contributed by atoms with Crippen LogP contribution in [0, 0.1) is 6.92 Å². The molecule has 0 aliphatic rings. The van der Waals surface area contributed by atoms with Crippen molar-refractivity contribution in [3.8, 4) is 0 Å². The van der Waals surface area contributed by atoms with Gasteiger partial charge in [-0.05, 0) is 13.0 Å². The Morgan fingerprint density at radius 3 is 2.77 bits per heavy atom. The number of aromatic nitrogens is 2. The lowest BCUT2D eigenvalue weighted by Gasteiger charge is -2.02. The molecule has 0 atom stereocenters. The molecule has 0 saturated heterocycles. The molecule has 0 aliphatic carbocycles. The molecule has 66 valence electrons. The zero-order chi connectivity index (χ0) is 9.42. The van der Waals surface area contributed by atoms with Crippen LogP contribution in [0.5, 0.6) is 0 Å². The van der Waals surface area contributed by atoms with Crippen molar-refractivity contribution >= 4 is 34.1 Å². The Kier molecular flexibility index (Phi) is 2.10. The van der Waals surface area contributed by atoms with Gasteiger partial charge in [-0.1, -0.05) is 23.2 Å². The summed E-state index contributed by atoms with van der Waals surface area (Å²) in [5.74, 6) is 0. The summed E-state index contributed by atoms with van der Waals surface area (Å²) >= 11 is 11.8. The number of aryl methyl sites for hydroxylation is 1. The average molecular weight is 213 g/mol. The topological polar surface area (TPSA) is 25.8 Å². The van der Waals surface area contributed by atoms with E-state index in [1.165, 1.54) is 0 Å². The Labute approximate surface area is 85.5 Å². The second-order valence-electron chi connectivity index (χ2n) is 2.71. The van der Waals surface area contributed by atoms with Crippen molar-refractivity contribution in [1.29, 1.82) is 0 Å². The maximum Gasteiger partial charge on any atom is 0.0930 e. The van der Waals surface area contributed by atoms with Crippen LogP contribution in [-0.2, 0) is 0 Å². The summed E-state index contributed by atoms with van der Waals surface area (Å²) in [5, 5.41) is 1.86. The molecule has 0 amide bonds. The van der Waals surface area contributed by atoms with E-state index < -0.39 is 0 Å². The molecule has 2 aromatic rings. The van der Waals surface area contributed by atoms with E-state index in [-0.39, 0.29) is 0 Å². The minimum absolute atomic E-state index is 0.472. The van der Waals surface area contributed by atoms with Gasteiger partial charge in [-0.15, -0.1) is 0 Å². The van der Waals surface area contributed by atoms with Crippen LogP contribution in [0.4, 0.5) is 0 Å². The lowest BCUT2D eigenvalue weighted by Crippen LogP contribution is -1.87. The Hall–Kier alpha value is -0.860. The van der Waals surface area contributed by atoms with Gasteiger partial charge in [0.05, 0.1) is 21.3 Å². The number of nitrogens with zero attached hydrogens (tertiary/aromatic N) is 2. The summed E-state index contributed by atoms with van der Waals surface area (Å²) in [7, 11) is 0. The quantitative estimate of drug-likeness (QED) is 0.671. The molecule has 0 N–H and O–H groups in total. The summed E-state index contributed by atoms with van der Waals surface area (Å²) in [6.07, 6.45) is 3.24. The molecular weight excluding hydrogens is 207 g/mol. The SMILES string of the molecule is Cc1nccc2c(Cl)c(Cl)cnc12. The van der Waals surface area contributed by atoms with E-state index >= 15 is 0 Å². The molecule has 2 aromatic heterocycles. The molecule has 0 saturated carbocycles. The zero-order valence-electron chi connectivity index (χ0n) is 6.88. The standard InChI is InChI=1S/C9H6Cl2N2/c1-5-9-6(2-3-12-5)8(11)7(10)4-13-9/h2-4H,1H3. The molecule has 13 heavy (non-hydrogen) atoms. The first-order valence-electron chi connectivity index (χ1n) is 3.75. The lowest BCUT2D eigenvalue weighted by atomic mass is 10.2. The molecule has 0 aliphatic heterocycles. The van der Waals surface area contributed by atoms with E-state index in [1.54, 1.807) is 12.4 Å². The van der Waals surface area contributed by atoms with Gasteiger partial charge in [-0.25, -0.2) is 0 Å². The molecule has 0 fully saturated rings. The summed E-state index contributed by atoms with van der Waals surface area (Å²) < 4.78 is 0. The number of rotatable bonds is 0. The van der Waals surface area contributed by atoms with Crippen LogP contribution in [0.3, 0.4) is 0 Å². The molecule has 0 aromatic carbocycles. The first-order valence-corrected chi connectivity index (χ1v) is 4.51. The molecule has 0 unspecified atom stereocenters. The van der Waals surface area contributed by atoms with Gasteiger partial charge in [-0.3, -0.25) is 9.97 Å². The highest BCUT2D eigenvalue weighted by Crippen LogP contribution is 2.29. The fourth-order valence-corrected chi connectivity index (χ4v) is 1.56. The fourth-order valence-electron chi connectivity index (χ4n) is 1.21. The summed E-state index contributed by atoms with van der Waals surface area (Å²) in [6.45, 7) is 1.89. The Morgan fingerprint density at radius 2 is 2.00 bits per heavy atom. The van der Waals surface area contributed by atoms with Gasteiger partial charge in [0.25, 0.3) is 0 Å². The first kappa shape index (κ1) is 8.73. The summed E-state index contributed by atoms with van der Waals surface area (Å²) in [6, 6.07) is 1.81. The second kappa shape index (κ2) is 3.13. The largest absolute Gasteiger partial charge is 0.259 e. The predicted molar refractivity (Wildman–Crippen MR) is 54.3 cm³/mol. The minimum atomic E-state index is 0.472. The van der Waals surface area contributed by atoms with Crippen molar-refractivity contribution in [1.82, 2.24) is 9.97 Å². The predicted octanol–water partition coefficient (Wildman–Crippen LogP) is 3.25. The van der Waals surface area contributed by atoms with E-state index in [2.05, 4.69) is 9.97 Å². The average Bonchev–Trinajstić information content (AvgIpc) is 2.12. The van der Waals surface area contributed by atoms with Crippen LogP contribution in [0.25, 0.3) is 10.9 Å². The maximum atomic E-state index is 6.00. The highest BCUT2D eigenvalue weighted by atomic mass is 35.5. The van der Waals surface area contributed by atoms with Crippen LogP contribution in [0.1, 0.15) is 5.69 Å². The van der Waals surface area contributed by atoms with Crippen molar-refractivity contribution in [2.45, 2.75) is 6.92 Å². The van der Waals surface area contributed by atoms with Crippen LogP contribution in [-0.4, -0.2) is 9.97 Å². The van der Waals surface area contributed by atoms with Gasteiger partial charge < -0.3 is 0 Å². The monoisotopic (exact) mass is 212 g/mol. The molecule has 0 spiro atoms. The van der Waals surface area contributed by atoms with Gasteiger partial charge in [0.1, 0.15) is 0 Å². The van der Waals surface area contributed by atoms with E-state index in [1.807, 2.05) is 13.0 Å². The van der Waals surface area contributed by atoms with Crippen molar-refractivity contribution in [3.05, 3.63) is 34.2 Å². The highest BCUT2D eigenvalue weighted by Gasteiger charge is 2.06. The normalized spacial score (nSPS) is 10.7. The van der Waals surface area contributed by atoms with E-state index in [0.717, 1.165) is 16.6 Å². The summed E-state index contributed by atoms with van der Waals surface area (Å²) in [4.78, 5) is 8.28. The van der Waals surface area contributed by atoms with E-state index in [4.69, 9.17) is 23.2 Å². The number of hydrogen-bond donors (Lipinski definition) is 0. The van der Waals surface area contributed by atoms with Crippen LogP contribution in [0.2, 0.25) is 10.0 Å². The molecule has 2 rings (SSSR count).